The number of carbonyl (C=O) groups is 1. The topological polar surface area (TPSA) is 91.3 Å². The van der Waals surface area contributed by atoms with Crippen LogP contribution in [-0.4, -0.2) is 44.6 Å². The van der Waals surface area contributed by atoms with E-state index in [4.69, 9.17) is 18.9 Å². The van der Waals surface area contributed by atoms with E-state index in [9.17, 15) is 4.79 Å². The number of nitrogens with one attached hydrogen (secondary N) is 1. The van der Waals surface area contributed by atoms with Crippen LogP contribution in [0.2, 0.25) is 0 Å². The summed E-state index contributed by atoms with van der Waals surface area (Å²) in [4.78, 5) is 15.8. The SMILES string of the molecule is CCOC(=O)Cc1csc(N/N=C\c2cc(OC)c(OCC)c(OC)c2)n1. The maximum absolute atomic E-state index is 11.5. The zero-order valence-corrected chi connectivity index (χ0v) is 16.6. The van der Waals surface area contributed by atoms with Crippen molar-refractivity contribution >= 4 is 28.7 Å². The van der Waals surface area contributed by atoms with Gasteiger partial charge < -0.3 is 18.9 Å². The predicted molar refractivity (Wildman–Crippen MR) is 104 cm³/mol. The fourth-order valence-corrected chi connectivity index (χ4v) is 2.88. The van der Waals surface area contributed by atoms with Crippen LogP contribution < -0.4 is 19.6 Å². The molecule has 0 bridgehead atoms. The highest BCUT2D eigenvalue weighted by molar-refractivity contribution is 7.13. The van der Waals surface area contributed by atoms with Gasteiger partial charge in [-0.3, -0.25) is 10.2 Å². The van der Waals surface area contributed by atoms with E-state index in [2.05, 4.69) is 15.5 Å². The van der Waals surface area contributed by atoms with Crippen molar-refractivity contribution < 1.29 is 23.7 Å². The van der Waals surface area contributed by atoms with Gasteiger partial charge >= 0.3 is 5.97 Å². The Morgan fingerprint density at radius 1 is 1.22 bits per heavy atom. The lowest BCUT2D eigenvalue weighted by molar-refractivity contribution is -0.142. The maximum atomic E-state index is 11.5. The number of aromatic nitrogens is 1. The van der Waals surface area contributed by atoms with Gasteiger partial charge in [-0.2, -0.15) is 5.10 Å². The first-order valence-electron chi connectivity index (χ1n) is 8.39. The summed E-state index contributed by atoms with van der Waals surface area (Å²) < 4.78 is 21.2. The molecule has 0 saturated carbocycles. The molecule has 9 heteroatoms. The number of hydrogen-bond acceptors (Lipinski definition) is 9. The average Bonchev–Trinajstić information content (AvgIpc) is 3.09. The monoisotopic (exact) mass is 393 g/mol. The van der Waals surface area contributed by atoms with Crippen LogP contribution in [0.5, 0.6) is 17.2 Å². The van der Waals surface area contributed by atoms with E-state index < -0.39 is 0 Å². The summed E-state index contributed by atoms with van der Waals surface area (Å²) in [7, 11) is 3.13. The molecule has 0 unspecified atom stereocenters. The van der Waals surface area contributed by atoms with E-state index in [0.717, 1.165) is 5.56 Å². The second-order valence-corrected chi connectivity index (χ2v) is 6.04. The third kappa shape index (κ3) is 5.85. The highest BCUT2D eigenvalue weighted by atomic mass is 32.1. The average molecular weight is 393 g/mol. The lowest BCUT2D eigenvalue weighted by atomic mass is 10.2. The predicted octanol–water partition coefficient (Wildman–Crippen LogP) is 3.11. The molecule has 27 heavy (non-hydrogen) atoms. The molecular formula is C18H23N3O5S. The molecule has 1 heterocycles. The number of hydrazone groups is 1. The van der Waals surface area contributed by atoms with Gasteiger partial charge in [0.1, 0.15) is 0 Å². The molecule has 2 aromatic rings. The first-order chi connectivity index (χ1) is 13.1. The number of carbonyl (C=O) groups excluding carboxylic acids is 1. The largest absolute Gasteiger partial charge is 0.493 e. The number of anilines is 1. The Bertz CT molecular complexity index is 766. The number of hydrogen-bond donors (Lipinski definition) is 1. The Hall–Kier alpha value is -2.81. The summed E-state index contributed by atoms with van der Waals surface area (Å²) in [5.74, 6) is 1.37. The van der Waals surface area contributed by atoms with Gasteiger partial charge in [-0.15, -0.1) is 11.3 Å². The molecule has 1 aromatic heterocycles. The van der Waals surface area contributed by atoms with Crippen LogP contribution in [-0.2, 0) is 16.0 Å². The van der Waals surface area contributed by atoms with Crippen LogP contribution in [0, 0.1) is 0 Å². The quantitative estimate of drug-likeness (QED) is 0.377. The van der Waals surface area contributed by atoms with Crippen molar-refractivity contribution in [3.63, 3.8) is 0 Å². The molecule has 0 saturated heterocycles. The van der Waals surface area contributed by atoms with Gasteiger partial charge in [-0.25, -0.2) is 4.98 Å². The summed E-state index contributed by atoms with van der Waals surface area (Å²) in [6, 6.07) is 3.60. The fraction of sp³-hybridized carbons (Fsp3) is 0.389. The number of rotatable bonds is 10. The molecule has 2 rings (SSSR count). The summed E-state index contributed by atoms with van der Waals surface area (Å²) in [5.41, 5.74) is 4.25. The Morgan fingerprint density at radius 3 is 2.52 bits per heavy atom. The second kappa shape index (κ2) is 10.4. The molecule has 0 spiro atoms. The maximum Gasteiger partial charge on any atom is 0.311 e. The summed E-state index contributed by atoms with van der Waals surface area (Å²) in [6.45, 7) is 4.52. The molecule has 0 amide bonds. The fourth-order valence-electron chi connectivity index (χ4n) is 2.22. The molecule has 0 fully saturated rings. The van der Waals surface area contributed by atoms with Gasteiger partial charge in [0, 0.05) is 10.9 Å². The van der Waals surface area contributed by atoms with E-state index in [-0.39, 0.29) is 12.4 Å². The van der Waals surface area contributed by atoms with E-state index in [1.807, 2.05) is 6.92 Å². The zero-order chi connectivity index (χ0) is 19.6. The van der Waals surface area contributed by atoms with E-state index in [1.165, 1.54) is 11.3 Å². The third-order valence-electron chi connectivity index (χ3n) is 3.33. The Labute approximate surface area is 162 Å². The second-order valence-electron chi connectivity index (χ2n) is 5.18. The molecule has 1 aromatic carbocycles. The molecule has 0 aliphatic heterocycles. The van der Waals surface area contributed by atoms with Crippen molar-refractivity contribution in [2.75, 3.05) is 32.9 Å². The van der Waals surface area contributed by atoms with Crippen LogP contribution >= 0.6 is 11.3 Å². The number of esters is 1. The van der Waals surface area contributed by atoms with Crippen LogP contribution in [0.15, 0.2) is 22.6 Å². The number of nitrogens with zero attached hydrogens (tertiary/aromatic N) is 2. The molecule has 0 atom stereocenters. The highest BCUT2D eigenvalue weighted by Gasteiger charge is 2.13. The van der Waals surface area contributed by atoms with Gasteiger partial charge in [0.15, 0.2) is 11.5 Å². The van der Waals surface area contributed by atoms with E-state index >= 15 is 0 Å². The minimum atomic E-state index is -0.300. The molecule has 0 aliphatic rings. The minimum absolute atomic E-state index is 0.142. The number of methoxy groups -OCH3 is 2. The lowest BCUT2D eigenvalue weighted by Gasteiger charge is -2.14. The van der Waals surface area contributed by atoms with Crippen molar-refractivity contribution in [2.45, 2.75) is 20.3 Å². The lowest BCUT2D eigenvalue weighted by Crippen LogP contribution is -2.07. The van der Waals surface area contributed by atoms with E-state index in [0.29, 0.717) is 41.3 Å². The number of thiazole rings is 1. The first kappa shape index (κ1) is 20.5. The molecule has 8 nitrogen and oxygen atoms in total. The Balaban J connectivity index is 2.06. The molecular weight excluding hydrogens is 370 g/mol. The van der Waals surface area contributed by atoms with Crippen molar-refractivity contribution in [1.29, 1.82) is 0 Å². The summed E-state index contributed by atoms with van der Waals surface area (Å²) >= 11 is 1.36. The Kier molecular flexibility index (Phi) is 7.87. The molecule has 1 N–H and O–H groups in total. The van der Waals surface area contributed by atoms with E-state index in [1.54, 1.807) is 44.9 Å². The van der Waals surface area contributed by atoms with Crippen LogP contribution in [0.1, 0.15) is 25.1 Å². The van der Waals surface area contributed by atoms with Gasteiger partial charge in [0.2, 0.25) is 10.9 Å². The molecule has 146 valence electrons. The van der Waals surface area contributed by atoms with Crippen LogP contribution in [0.25, 0.3) is 0 Å². The number of ether oxygens (including phenoxy) is 4. The minimum Gasteiger partial charge on any atom is -0.493 e. The highest BCUT2D eigenvalue weighted by Crippen LogP contribution is 2.38. The normalized spacial score (nSPS) is 10.7. The third-order valence-corrected chi connectivity index (χ3v) is 4.12. The van der Waals surface area contributed by atoms with Gasteiger partial charge in [0.25, 0.3) is 0 Å². The first-order valence-corrected chi connectivity index (χ1v) is 9.27. The van der Waals surface area contributed by atoms with Crippen LogP contribution in [0.4, 0.5) is 5.13 Å². The van der Waals surface area contributed by atoms with Crippen molar-refractivity contribution in [3.05, 3.63) is 28.8 Å². The van der Waals surface area contributed by atoms with Crippen LogP contribution in [0.3, 0.4) is 0 Å². The summed E-state index contributed by atoms with van der Waals surface area (Å²) in [5, 5.41) is 6.54. The van der Waals surface area contributed by atoms with Gasteiger partial charge in [-0.1, -0.05) is 0 Å². The number of benzene rings is 1. The standard InChI is InChI=1S/C18H23N3O5S/c1-5-25-16(22)9-13-11-27-18(20-13)21-19-10-12-7-14(23-3)17(26-6-2)15(8-12)24-4/h7-8,10-11H,5-6,9H2,1-4H3,(H,20,21)/b19-10-. The summed E-state index contributed by atoms with van der Waals surface area (Å²) in [6.07, 6.45) is 1.76. The van der Waals surface area contributed by atoms with Gasteiger partial charge in [0.05, 0.1) is 45.8 Å². The zero-order valence-electron chi connectivity index (χ0n) is 15.8. The van der Waals surface area contributed by atoms with Crippen molar-refractivity contribution in [1.82, 2.24) is 4.98 Å². The molecule has 0 aliphatic carbocycles. The molecule has 0 radical (unpaired) electrons. The van der Waals surface area contributed by atoms with Crippen molar-refractivity contribution in [3.8, 4) is 17.2 Å². The van der Waals surface area contributed by atoms with Gasteiger partial charge in [-0.05, 0) is 26.0 Å². The van der Waals surface area contributed by atoms with Crippen molar-refractivity contribution in [2.24, 2.45) is 5.10 Å². The Morgan fingerprint density at radius 2 is 1.93 bits per heavy atom. The smallest absolute Gasteiger partial charge is 0.311 e.